The Morgan fingerprint density at radius 3 is 1.16 bits per heavy atom. The summed E-state index contributed by atoms with van der Waals surface area (Å²) >= 11 is 0. The number of allylic oxidation sites excluding steroid dienone is 4. The van der Waals surface area contributed by atoms with E-state index < -0.39 is 128 Å². The van der Waals surface area contributed by atoms with E-state index in [2.05, 4.69) is 9.47 Å². The molecular formula is C33H24F12O6. The van der Waals surface area contributed by atoms with Gasteiger partial charge in [0.25, 0.3) is 5.79 Å². The van der Waals surface area contributed by atoms with Crippen molar-refractivity contribution >= 4 is 11.6 Å². The Kier molecular flexibility index (Phi) is 8.85. The normalized spacial score (nSPS) is 27.5. The minimum atomic E-state index is -5.06. The monoisotopic (exact) mass is 744 g/mol. The summed E-state index contributed by atoms with van der Waals surface area (Å²) in [6, 6.07) is 8.14. The first-order valence-corrected chi connectivity index (χ1v) is 15.3. The second kappa shape index (κ2) is 12.4. The SMILES string of the molecule is O=C1CC(C(F)(F)F)CC2=C1C(c1ccc(OC(F)(F)F)cc1)CC1(CC(c3ccc(OC(F)(F)F)cc3)C3=C(CC(C(F)(F)F)CC3=O)O1)O2. The number of alkyl halides is 12. The molecule has 6 nitrogen and oxygen atoms in total. The Hall–Kier alpha value is -4.38. The molecule has 2 aliphatic carbocycles. The first-order chi connectivity index (χ1) is 23.5. The molecule has 0 aromatic heterocycles. The van der Waals surface area contributed by atoms with E-state index in [1.54, 1.807) is 0 Å². The summed E-state index contributed by atoms with van der Waals surface area (Å²) in [5, 5.41) is 0. The fraction of sp³-hybridized carbons (Fsp3) is 0.455. The second-order valence-corrected chi connectivity index (χ2v) is 12.7. The van der Waals surface area contributed by atoms with Gasteiger partial charge in [-0.05, 0) is 35.4 Å². The molecule has 6 rings (SSSR count). The molecule has 0 amide bonds. The number of ether oxygens (including phenoxy) is 4. The quantitative estimate of drug-likeness (QED) is 0.291. The maximum Gasteiger partial charge on any atom is 0.573 e. The molecule has 4 aliphatic rings. The Labute approximate surface area is 280 Å². The number of carbonyl (C=O) groups excluding carboxylic acids is 2. The Morgan fingerprint density at radius 2 is 0.863 bits per heavy atom. The number of hydrogen-bond acceptors (Lipinski definition) is 6. The second-order valence-electron chi connectivity index (χ2n) is 12.7. The molecular weight excluding hydrogens is 720 g/mol. The van der Waals surface area contributed by atoms with E-state index in [4.69, 9.17) is 9.47 Å². The van der Waals surface area contributed by atoms with E-state index in [0.717, 1.165) is 48.5 Å². The third-order valence-corrected chi connectivity index (χ3v) is 9.23. The number of rotatable bonds is 4. The molecule has 0 fully saturated rings. The lowest BCUT2D eigenvalue weighted by Crippen LogP contribution is -2.49. The highest BCUT2D eigenvalue weighted by Crippen LogP contribution is 2.57. The summed E-state index contributed by atoms with van der Waals surface area (Å²) in [7, 11) is 0. The van der Waals surface area contributed by atoms with Gasteiger partial charge in [0, 0.05) is 61.5 Å². The summed E-state index contributed by atoms with van der Waals surface area (Å²) in [5.41, 5.74) is -0.237. The maximum atomic E-state index is 13.9. The fourth-order valence-electron chi connectivity index (χ4n) is 7.14. The van der Waals surface area contributed by atoms with Gasteiger partial charge in [-0.3, -0.25) is 9.59 Å². The minimum Gasteiger partial charge on any atom is -0.456 e. The largest absolute Gasteiger partial charge is 0.573 e. The van der Waals surface area contributed by atoms with E-state index in [1.807, 2.05) is 0 Å². The van der Waals surface area contributed by atoms with Gasteiger partial charge in [0.05, 0.1) is 11.8 Å². The predicted molar refractivity (Wildman–Crippen MR) is 147 cm³/mol. The van der Waals surface area contributed by atoms with Crippen molar-refractivity contribution in [2.75, 3.05) is 0 Å². The fourth-order valence-corrected chi connectivity index (χ4v) is 7.14. The zero-order chi connectivity index (χ0) is 37.3. The molecule has 2 heterocycles. The van der Waals surface area contributed by atoms with Crippen molar-refractivity contribution < 1.29 is 81.2 Å². The summed E-state index contributed by atoms with van der Waals surface area (Å²) in [6.45, 7) is 0. The van der Waals surface area contributed by atoms with Crippen LogP contribution < -0.4 is 9.47 Å². The van der Waals surface area contributed by atoms with Crippen LogP contribution in [0.1, 0.15) is 61.5 Å². The van der Waals surface area contributed by atoms with E-state index >= 15 is 0 Å². The number of Topliss-reactive ketones (excluding diaryl/α,β-unsaturated/α-hetero) is 2. The molecule has 0 saturated heterocycles. The lowest BCUT2D eigenvalue weighted by Gasteiger charge is -2.50. The van der Waals surface area contributed by atoms with Crippen molar-refractivity contribution in [3.05, 3.63) is 82.3 Å². The van der Waals surface area contributed by atoms with Crippen molar-refractivity contribution in [2.45, 2.75) is 81.2 Å². The minimum absolute atomic E-state index is 0.111. The van der Waals surface area contributed by atoms with E-state index in [1.165, 1.54) is 0 Å². The number of carbonyl (C=O) groups is 2. The Morgan fingerprint density at radius 1 is 0.529 bits per heavy atom. The molecule has 0 N–H and O–H groups in total. The van der Waals surface area contributed by atoms with Crippen molar-refractivity contribution in [3.8, 4) is 11.5 Å². The summed E-state index contributed by atoms with van der Waals surface area (Å²) in [4.78, 5) is 26.6. The van der Waals surface area contributed by atoms with Crippen LogP contribution in [0, 0.1) is 11.8 Å². The molecule has 51 heavy (non-hydrogen) atoms. The smallest absolute Gasteiger partial charge is 0.456 e. The van der Waals surface area contributed by atoms with Gasteiger partial charge in [-0.1, -0.05) is 24.3 Å². The van der Waals surface area contributed by atoms with Crippen LogP contribution in [0.15, 0.2) is 71.2 Å². The zero-order valence-electron chi connectivity index (χ0n) is 25.7. The van der Waals surface area contributed by atoms with Gasteiger partial charge < -0.3 is 18.9 Å². The highest BCUT2D eigenvalue weighted by molar-refractivity contribution is 5.99. The number of hydrogen-bond donors (Lipinski definition) is 0. The van der Waals surface area contributed by atoms with Gasteiger partial charge in [0.15, 0.2) is 11.6 Å². The molecule has 0 bridgehead atoms. The van der Waals surface area contributed by atoms with Gasteiger partial charge in [-0.2, -0.15) is 26.3 Å². The van der Waals surface area contributed by atoms with Gasteiger partial charge >= 0.3 is 25.1 Å². The molecule has 4 unspecified atom stereocenters. The van der Waals surface area contributed by atoms with Gasteiger partial charge in [0.2, 0.25) is 0 Å². The Bertz CT molecular complexity index is 1620. The molecule has 18 heteroatoms. The van der Waals surface area contributed by atoms with Crippen molar-refractivity contribution in [3.63, 3.8) is 0 Å². The highest BCUT2D eigenvalue weighted by Gasteiger charge is 2.57. The third-order valence-electron chi connectivity index (χ3n) is 9.23. The lowest BCUT2D eigenvalue weighted by atomic mass is 9.70. The highest BCUT2D eigenvalue weighted by atomic mass is 19.4. The first-order valence-electron chi connectivity index (χ1n) is 15.3. The van der Waals surface area contributed by atoms with Crippen LogP contribution in [0.3, 0.4) is 0 Å². The van der Waals surface area contributed by atoms with Crippen LogP contribution in [0.5, 0.6) is 11.5 Å². The molecule has 2 aromatic rings. The van der Waals surface area contributed by atoms with Crippen molar-refractivity contribution in [1.82, 2.24) is 0 Å². The lowest BCUT2D eigenvalue weighted by molar-refractivity contribution is -0.275. The van der Waals surface area contributed by atoms with Crippen LogP contribution in [-0.2, 0) is 19.1 Å². The number of ketones is 2. The van der Waals surface area contributed by atoms with Crippen LogP contribution >= 0.6 is 0 Å². The van der Waals surface area contributed by atoms with Gasteiger partial charge in [0.1, 0.15) is 23.0 Å². The molecule has 4 atom stereocenters. The van der Waals surface area contributed by atoms with Crippen LogP contribution in [0.2, 0.25) is 0 Å². The van der Waals surface area contributed by atoms with E-state index in [-0.39, 0.29) is 22.3 Å². The first kappa shape index (κ1) is 36.4. The third kappa shape index (κ3) is 7.78. The molecule has 2 aliphatic heterocycles. The van der Waals surface area contributed by atoms with Crippen LogP contribution in [0.4, 0.5) is 52.7 Å². The maximum absolute atomic E-state index is 13.9. The predicted octanol–water partition coefficient (Wildman–Crippen LogP) is 9.48. The van der Waals surface area contributed by atoms with Crippen LogP contribution in [0.25, 0.3) is 0 Å². The standard InChI is InChI=1S/C33H24F12O6/c34-30(35,36)17-9-23(46)27-21(15-1-5-19(6-2-15)48-32(40,41)42)13-29(50-25(27)11-17)14-22(16-3-7-20(8-4-16)49-33(43,44)45)28-24(47)10-18(31(37,38)39)12-26(28)51-29/h1-8,17-18,21-22H,9-14H2. The average Bonchev–Trinajstić information content (AvgIpc) is 2.98. The molecule has 0 radical (unpaired) electrons. The van der Waals surface area contributed by atoms with E-state index in [0.29, 0.717) is 0 Å². The average molecular weight is 745 g/mol. The molecule has 276 valence electrons. The topological polar surface area (TPSA) is 71.1 Å². The van der Waals surface area contributed by atoms with Crippen LogP contribution in [-0.4, -0.2) is 42.4 Å². The number of halogens is 12. The Balaban J connectivity index is 1.46. The van der Waals surface area contributed by atoms with E-state index in [9.17, 15) is 62.3 Å². The molecule has 1 spiro atoms. The van der Waals surface area contributed by atoms with Gasteiger partial charge in [-0.15, -0.1) is 26.3 Å². The van der Waals surface area contributed by atoms with Crippen molar-refractivity contribution in [2.24, 2.45) is 11.8 Å². The molecule has 0 saturated carbocycles. The van der Waals surface area contributed by atoms with Crippen molar-refractivity contribution in [1.29, 1.82) is 0 Å². The summed E-state index contributed by atoms with van der Waals surface area (Å²) in [6.07, 6.45) is -24.5. The number of benzene rings is 2. The zero-order valence-corrected chi connectivity index (χ0v) is 25.7. The van der Waals surface area contributed by atoms with Gasteiger partial charge in [-0.25, -0.2) is 0 Å². The molecule has 2 aromatic carbocycles. The summed E-state index contributed by atoms with van der Waals surface area (Å²) in [5.74, 6) is -13.3. The summed E-state index contributed by atoms with van der Waals surface area (Å²) < 4.78 is 181.